The zero-order valence-corrected chi connectivity index (χ0v) is 13.7. The number of nitrogens with one attached hydrogen (secondary N) is 1. The lowest BCUT2D eigenvalue weighted by Crippen LogP contribution is -2.32. The number of benzene rings is 2. The molecule has 2 aromatic rings. The summed E-state index contributed by atoms with van der Waals surface area (Å²) in [6.45, 7) is 6.69. The molecule has 0 aromatic heterocycles. The highest BCUT2D eigenvalue weighted by Gasteiger charge is 2.13. The van der Waals surface area contributed by atoms with Crippen molar-refractivity contribution in [2.75, 3.05) is 31.1 Å². The van der Waals surface area contributed by atoms with Crippen LogP contribution in [0.2, 0.25) is 0 Å². The standard InChI is InChI=1S/C18H22N2O.ClH/c1-15-5-4-7-17(13-15)21-12-11-20-10-9-19-14-16-6-2-3-8-18(16)20;/h2-8,13,19H,9-12,14H2,1H3;1H. The summed E-state index contributed by atoms with van der Waals surface area (Å²) in [5.74, 6) is 0.955. The van der Waals surface area contributed by atoms with Gasteiger partial charge in [0.25, 0.3) is 0 Å². The molecule has 22 heavy (non-hydrogen) atoms. The molecule has 0 atom stereocenters. The Morgan fingerprint density at radius 1 is 1.14 bits per heavy atom. The molecule has 2 aromatic carbocycles. The van der Waals surface area contributed by atoms with Crippen molar-refractivity contribution in [1.82, 2.24) is 5.32 Å². The molecule has 118 valence electrons. The van der Waals surface area contributed by atoms with E-state index in [0.29, 0.717) is 6.61 Å². The zero-order valence-electron chi connectivity index (χ0n) is 12.9. The fraction of sp³-hybridized carbons (Fsp3) is 0.333. The molecule has 0 saturated heterocycles. The lowest BCUT2D eigenvalue weighted by Gasteiger charge is -2.24. The summed E-state index contributed by atoms with van der Waals surface area (Å²) >= 11 is 0. The second-order valence-corrected chi connectivity index (χ2v) is 5.46. The quantitative estimate of drug-likeness (QED) is 0.935. The van der Waals surface area contributed by atoms with E-state index in [2.05, 4.69) is 53.5 Å². The first-order chi connectivity index (χ1) is 10.3. The van der Waals surface area contributed by atoms with Crippen LogP contribution >= 0.6 is 12.4 Å². The van der Waals surface area contributed by atoms with E-state index in [0.717, 1.165) is 31.9 Å². The summed E-state index contributed by atoms with van der Waals surface area (Å²) in [4.78, 5) is 2.41. The van der Waals surface area contributed by atoms with Gasteiger partial charge in [-0.1, -0.05) is 30.3 Å². The summed E-state index contributed by atoms with van der Waals surface area (Å²) in [5, 5.41) is 3.47. The third kappa shape index (κ3) is 4.15. The minimum absolute atomic E-state index is 0. The number of para-hydroxylation sites is 1. The average Bonchev–Trinajstić information content (AvgIpc) is 2.70. The Morgan fingerprint density at radius 2 is 2.00 bits per heavy atom. The van der Waals surface area contributed by atoms with E-state index in [-0.39, 0.29) is 12.4 Å². The number of rotatable bonds is 4. The Balaban J connectivity index is 0.00000176. The Bertz CT molecular complexity index is 603. The number of halogens is 1. The van der Waals surface area contributed by atoms with Crippen LogP contribution in [-0.4, -0.2) is 26.2 Å². The monoisotopic (exact) mass is 318 g/mol. The molecule has 0 aliphatic carbocycles. The molecule has 3 nitrogen and oxygen atoms in total. The third-order valence-corrected chi connectivity index (χ3v) is 3.83. The van der Waals surface area contributed by atoms with Crippen molar-refractivity contribution in [3.05, 3.63) is 59.7 Å². The molecule has 0 amide bonds. The number of nitrogens with zero attached hydrogens (tertiary/aromatic N) is 1. The van der Waals surface area contributed by atoms with Crippen molar-refractivity contribution >= 4 is 18.1 Å². The van der Waals surface area contributed by atoms with E-state index in [4.69, 9.17) is 4.74 Å². The van der Waals surface area contributed by atoms with Crippen LogP contribution in [0.5, 0.6) is 5.75 Å². The second kappa shape index (κ2) is 8.06. The normalized spacial score (nSPS) is 13.8. The lowest BCUT2D eigenvalue weighted by molar-refractivity contribution is 0.323. The van der Waals surface area contributed by atoms with Crippen LogP contribution in [-0.2, 0) is 6.54 Å². The highest BCUT2D eigenvalue weighted by Crippen LogP contribution is 2.22. The van der Waals surface area contributed by atoms with Gasteiger partial charge in [-0.3, -0.25) is 0 Å². The van der Waals surface area contributed by atoms with Crippen LogP contribution in [0.15, 0.2) is 48.5 Å². The molecule has 1 aliphatic rings. The van der Waals surface area contributed by atoms with Gasteiger partial charge in [0.2, 0.25) is 0 Å². The SMILES string of the molecule is Cc1cccc(OCCN2CCNCc3ccccc32)c1.Cl. The van der Waals surface area contributed by atoms with Gasteiger partial charge in [-0.2, -0.15) is 0 Å². The first kappa shape index (κ1) is 16.7. The van der Waals surface area contributed by atoms with Crippen molar-refractivity contribution in [2.45, 2.75) is 13.5 Å². The van der Waals surface area contributed by atoms with Gasteiger partial charge in [0.1, 0.15) is 12.4 Å². The summed E-state index contributed by atoms with van der Waals surface area (Å²) in [5.41, 5.74) is 3.93. The van der Waals surface area contributed by atoms with E-state index in [1.165, 1.54) is 16.8 Å². The number of fused-ring (bicyclic) bond motifs is 1. The van der Waals surface area contributed by atoms with Gasteiger partial charge < -0.3 is 15.0 Å². The zero-order chi connectivity index (χ0) is 14.5. The highest BCUT2D eigenvalue weighted by atomic mass is 35.5. The first-order valence-corrected chi connectivity index (χ1v) is 7.56. The van der Waals surface area contributed by atoms with Crippen LogP contribution in [0.1, 0.15) is 11.1 Å². The van der Waals surface area contributed by atoms with Gasteiger partial charge >= 0.3 is 0 Å². The van der Waals surface area contributed by atoms with Gasteiger partial charge in [0, 0.05) is 25.3 Å². The Kier molecular flexibility index (Phi) is 6.10. The molecule has 0 radical (unpaired) electrons. The summed E-state index contributed by atoms with van der Waals surface area (Å²) < 4.78 is 5.88. The van der Waals surface area contributed by atoms with E-state index >= 15 is 0 Å². The Morgan fingerprint density at radius 3 is 2.86 bits per heavy atom. The van der Waals surface area contributed by atoms with Gasteiger partial charge in [0.05, 0.1) is 6.54 Å². The maximum Gasteiger partial charge on any atom is 0.119 e. The number of aryl methyl sites for hydroxylation is 1. The fourth-order valence-corrected chi connectivity index (χ4v) is 2.74. The van der Waals surface area contributed by atoms with Crippen LogP contribution in [0.3, 0.4) is 0 Å². The maximum atomic E-state index is 5.88. The third-order valence-electron chi connectivity index (χ3n) is 3.83. The predicted molar refractivity (Wildman–Crippen MR) is 94.3 cm³/mol. The largest absolute Gasteiger partial charge is 0.492 e. The van der Waals surface area contributed by atoms with Gasteiger partial charge in [-0.05, 0) is 36.2 Å². The summed E-state index contributed by atoms with van der Waals surface area (Å²) in [6.07, 6.45) is 0. The molecular formula is C18H23ClN2O. The second-order valence-electron chi connectivity index (χ2n) is 5.46. The fourth-order valence-electron chi connectivity index (χ4n) is 2.74. The molecule has 0 spiro atoms. The number of anilines is 1. The number of hydrogen-bond acceptors (Lipinski definition) is 3. The molecule has 0 bridgehead atoms. The number of ether oxygens (including phenoxy) is 1. The van der Waals surface area contributed by atoms with E-state index in [9.17, 15) is 0 Å². The average molecular weight is 319 g/mol. The Hall–Kier alpha value is -1.71. The van der Waals surface area contributed by atoms with Crippen LogP contribution in [0.25, 0.3) is 0 Å². The van der Waals surface area contributed by atoms with E-state index < -0.39 is 0 Å². The van der Waals surface area contributed by atoms with Crippen molar-refractivity contribution in [3.63, 3.8) is 0 Å². The molecular weight excluding hydrogens is 296 g/mol. The van der Waals surface area contributed by atoms with Crippen molar-refractivity contribution < 1.29 is 4.74 Å². The minimum Gasteiger partial charge on any atom is -0.492 e. The minimum atomic E-state index is 0. The van der Waals surface area contributed by atoms with Crippen LogP contribution < -0.4 is 15.0 Å². The molecule has 0 fully saturated rings. The van der Waals surface area contributed by atoms with E-state index in [1.807, 2.05) is 12.1 Å². The summed E-state index contributed by atoms with van der Waals surface area (Å²) in [7, 11) is 0. The van der Waals surface area contributed by atoms with Gasteiger partial charge in [-0.15, -0.1) is 12.4 Å². The smallest absolute Gasteiger partial charge is 0.119 e. The number of hydrogen-bond donors (Lipinski definition) is 1. The lowest BCUT2D eigenvalue weighted by atomic mass is 10.1. The van der Waals surface area contributed by atoms with Crippen molar-refractivity contribution in [3.8, 4) is 5.75 Å². The topological polar surface area (TPSA) is 24.5 Å². The van der Waals surface area contributed by atoms with Crippen molar-refractivity contribution in [1.29, 1.82) is 0 Å². The molecule has 0 saturated carbocycles. The molecule has 4 heteroatoms. The van der Waals surface area contributed by atoms with Crippen molar-refractivity contribution in [2.24, 2.45) is 0 Å². The molecule has 1 N–H and O–H groups in total. The highest BCUT2D eigenvalue weighted by molar-refractivity contribution is 5.85. The Labute approximate surface area is 138 Å². The molecule has 3 rings (SSSR count). The summed E-state index contributed by atoms with van der Waals surface area (Å²) in [6, 6.07) is 16.8. The molecule has 1 heterocycles. The molecule has 0 unspecified atom stereocenters. The maximum absolute atomic E-state index is 5.88. The van der Waals surface area contributed by atoms with Crippen LogP contribution in [0, 0.1) is 6.92 Å². The predicted octanol–water partition coefficient (Wildman–Crippen LogP) is 3.41. The van der Waals surface area contributed by atoms with Crippen LogP contribution in [0.4, 0.5) is 5.69 Å². The van der Waals surface area contributed by atoms with Gasteiger partial charge in [0.15, 0.2) is 0 Å². The molecule has 1 aliphatic heterocycles. The first-order valence-electron chi connectivity index (χ1n) is 7.56. The van der Waals surface area contributed by atoms with E-state index in [1.54, 1.807) is 0 Å². The van der Waals surface area contributed by atoms with Gasteiger partial charge in [-0.25, -0.2) is 0 Å².